The van der Waals surface area contributed by atoms with Crippen molar-refractivity contribution in [2.75, 3.05) is 5.32 Å². The first-order chi connectivity index (χ1) is 13.3. The third-order valence-corrected chi connectivity index (χ3v) is 5.85. The molecule has 2 N–H and O–H groups in total. The highest BCUT2D eigenvalue weighted by Gasteiger charge is 2.42. The maximum atomic E-state index is 12.9. The van der Waals surface area contributed by atoms with Crippen molar-refractivity contribution in [2.24, 2.45) is 17.8 Å². The molecule has 29 heavy (non-hydrogen) atoms. The molecule has 0 spiro atoms. The van der Waals surface area contributed by atoms with Crippen LogP contribution in [0.3, 0.4) is 0 Å². The van der Waals surface area contributed by atoms with Gasteiger partial charge in [0.05, 0.1) is 11.1 Å². The molecular formula is C19H20F6N2O2. The van der Waals surface area contributed by atoms with Gasteiger partial charge in [0, 0.05) is 11.7 Å². The SMILES string of the molecule is CC(NC(=O)C(=O)Nc1cc(C(F)(F)F)cc(C(F)(F)F)c1)C1CC2CCC1C2. The van der Waals surface area contributed by atoms with E-state index < -0.39 is 41.0 Å². The number of hydrogen-bond donors (Lipinski definition) is 2. The summed E-state index contributed by atoms with van der Waals surface area (Å²) in [6.07, 6.45) is -5.85. The first kappa shape index (κ1) is 21.4. The molecular weight excluding hydrogens is 402 g/mol. The van der Waals surface area contributed by atoms with Crippen molar-refractivity contribution in [3.8, 4) is 0 Å². The summed E-state index contributed by atoms with van der Waals surface area (Å²) in [4.78, 5) is 24.2. The van der Waals surface area contributed by atoms with Crippen LogP contribution in [0, 0.1) is 17.8 Å². The number of anilines is 1. The minimum absolute atomic E-state index is 0.0487. The molecule has 1 aromatic rings. The highest BCUT2D eigenvalue weighted by Crippen LogP contribution is 2.49. The van der Waals surface area contributed by atoms with Crippen LogP contribution < -0.4 is 10.6 Å². The standard InChI is InChI=1S/C19H20F6N2O2/c1-9(15-5-10-2-3-11(15)4-10)26-16(28)17(29)27-14-7-12(18(20,21)22)6-13(8-14)19(23,24)25/h6-11,15H,2-5H2,1H3,(H,26,28)(H,27,29). The molecule has 10 heteroatoms. The van der Waals surface area contributed by atoms with Gasteiger partial charge in [-0.1, -0.05) is 6.42 Å². The van der Waals surface area contributed by atoms with Crippen LogP contribution in [0.25, 0.3) is 0 Å². The summed E-state index contributed by atoms with van der Waals surface area (Å²) in [5.74, 6) is -1.10. The number of fused-ring (bicyclic) bond motifs is 2. The van der Waals surface area contributed by atoms with Crippen LogP contribution in [0.4, 0.5) is 32.0 Å². The smallest absolute Gasteiger partial charge is 0.345 e. The van der Waals surface area contributed by atoms with E-state index in [1.807, 2.05) is 5.32 Å². The minimum Gasteiger partial charge on any atom is -0.345 e. The van der Waals surface area contributed by atoms with Crippen LogP contribution in [0.1, 0.15) is 43.7 Å². The van der Waals surface area contributed by atoms with Gasteiger partial charge in [0.15, 0.2) is 0 Å². The van der Waals surface area contributed by atoms with Crippen LogP contribution in [0.2, 0.25) is 0 Å². The van der Waals surface area contributed by atoms with E-state index in [4.69, 9.17) is 0 Å². The van der Waals surface area contributed by atoms with Crippen molar-refractivity contribution in [1.82, 2.24) is 5.32 Å². The van der Waals surface area contributed by atoms with E-state index in [0.29, 0.717) is 24.0 Å². The lowest BCUT2D eigenvalue weighted by Gasteiger charge is -2.28. The number of hydrogen-bond acceptors (Lipinski definition) is 2. The van der Waals surface area contributed by atoms with Crippen LogP contribution in [-0.4, -0.2) is 17.9 Å². The minimum atomic E-state index is -5.04. The molecule has 0 heterocycles. The van der Waals surface area contributed by atoms with E-state index in [1.54, 1.807) is 6.92 Å². The molecule has 2 fully saturated rings. The summed E-state index contributed by atoms with van der Waals surface area (Å²) >= 11 is 0. The van der Waals surface area contributed by atoms with Gasteiger partial charge in [0.1, 0.15) is 0 Å². The summed E-state index contributed by atoms with van der Waals surface area (Å²) in [6, 6.07) is 0.364. The molecule has 2 aliphatic rings. The number of nitrogens with one attached hydrogen (secondary N) is 2. The third kappa shape index (κ3) is 4.84. The fourth-order valence-corrected chi connectivity index (χ4v) is 4.50. The molecule has 4 nitrogen and oxygen atoms in total. The van der Waals surface area contributed by atoms with Crippen LogP contribution in [-0.2, 0) is 21.9 Å². The Labute approximate surface area is 163 Å². The lowest BCUT2D eigenvalue weighted by molar-refractivity contribution is -0.143. The number of rotatable bonds is 3. The Morgan fingerprint density at radius 2 is 1.52 bits per heavy atom. The Balaban J connectivity index is 1.69. The number of benzene rings is 1. The molecule has 0 aliphatic heterocycles. The Morgan fingerprint density at radius 1 is 0.931 bits per heavy atom. The average molecular weight is 422 g/mol. The molecule has 0 radical (unpaired) electrons. The Kier molecular flexibility index (Phi) is 5.57. The zero-order chi connectivity index (χ0) is 21.6. The first-order valence-corrected chi connectivity index (χ1v) is 9.26. The average Bonchev–Trinajstić information content (AvgIpc) is 3.23. The molecule has 3 rings (SSSR count). The van der Waals surface area contributed by atoms with Crippen molar-refractivity contribution >= 4 is 17.5 Å². The summed E-state index contributed by atoms with van der Waals surface area (Å²) in [5.41, 5.74) is -3.89. The van der Waals surface area contributed by atoms with Gasteiger partial charge in [-0.05, 0) is 62.1 Å². The molecule has 2 bridgehead atoms. The fourth-order valence-electron chi connectivity index (χ4n) is 4.50. The summed E-state index contributed by atoms with van der Waals surface area (Å²) < 4.78 is 77.3. The van der Waals surface area contributed by atoms with Crippen molar-refractivity contribution in [1.29, 1.82) is 0 Å². The Bertz CT molecular complexity index is 773. The maximum absolute atomic E-state index is 12.9. The van der Waals surface area contributed by atoms with Gasteiger partial charge in [-0.3, -0.25) is 9.59 Å². The quantitative estimate of drug-likeness (QED) is 0.553. The number of carbonyl (C=O) groups excluding carboxylic acids is 2. The zero-order valence-corrected chi connectivity index (χ0v) is 15.5. The van der Waals surface area contributed by atoms with Gasteiger partial charge in [-0.2, -0.15) is 26.3 Å². The number of alkyl halides is 6. The van der Waals surface area contributed by atoms with Crippen molar-refractivity contribution in [2.45, 2.75) is 51.0 Å². The predicted octanol–water partition coefficient (Wildman–Crippen LogP) is 4.60. The second-order valence-corrected chi connectivity index (χ2v) is 7.85. The summed E-state index contributed by atoms with van der Waals surface area (Å²) in [7, 11) is 0. The number of carbonyl (C=O) groups is 2. The molecule has 0 aromatic heterocycles. The monoisotopic (exact) mass is 422 g/mol. The molecule has 2 amide bonds. The lowest BCUT2D eigenvalue weighted by atomic mass is 9.84. The molecule has 0 saturated heterocycles. The van der Waals surface area contributed by atoms with Crippen molar-refractivity contribution in [3.63, 3.8) is 0 Å². The second-order valence-electron chi connectivity index (χ2n) is 7.85. The normalized spacial score (nSPS) is 25.0. The van der Waals surface area contributed by atoms with Gasteiger partial charge in [-0.25, -0.2) is 0 Å². The van der Waals surface area contributed by atoms with Gasteiger partial charge in [0.2, 0.25) is 0 Å². The molecule has 4 unspecified atom stereocenters. The summed E-state index contributed by atoms with van der Waals surface area (Å²) in [5, 5.41) is 4.37. The van der Waals surface area contributed by atoms with Crippen LogP contribution in [0.5, 0.6) is 0 Å². The largest absolute Gasteiger partial charge is 0.416 e. The highest BCUT2D eigenvalue weighted by atomic mass is 19.4. The van der Waals surface area contributed by atoms with Crippen LogP contribution >= 0.6 is 0 Å². The zero-order valence-electron chi connectivity index (χ0n) is 15.5. The Hall–Kier alpha value is -2.26. The van der Waals surface area contributed by atoms with Gasteiger partial charge in [0.25, 0.3) is 0 Å². The number of halogens is 6. The van der Waals surface area contributed by atoms with Gasteiger partial charge < -0.3 is 10.6 Å². The fraction of sp³-hybridized carbons (Fsp3) is 0.579. The van der Waals surface area contributed by atoms with Gasteiger partial charge >= 0.3 is 24.2 Å². The molecule has 2 aliphatic carbocycles. The van der Waals surface area contributed by atoms with E-state index in [1.165, 1.54) is 0 Å². The molecule has 4 atom stereocenters. The summed E-state index contributed by atoms with van der Waals surface area (Å²) in [6.45, 7) is 1.75. The van der Waals surface area contributed by atoms with Crippen molar-refractivity contribution < 1.29 is 35.9 Å². The first-order valence-electron chi connectivity index (χ1n) is 9.26. The maximum Gasteiger partial charge on any atom is 0.416 e. The predicted molar refractivity (Wildman–Crippen MR) is 91.6 cm³/mol. The third-order valence-electron chi connectivity index (χ3n) is 5.85. The van der Waals surface area contributed by atoms with E-state index in [2.05, 4.69) is 5.32 Å². The van der Waals surface area contributed by atoms with E-state index >= 15 is 0 Å². The van der Waals surface area contributed by atoms with E-state index in [0.717, 1.165) is 25.7 Å². The second kappa shape index (κ2) is 7.53. The lowest BCUT2D eigenvalue weighted by Crippen LogP contribution is -2.45. The molecule has 160 valence electrons. The Morgan fingerprint density at radius 3 is 1.97 bits per heavy atom. The molecule has 1 aromatic carbocycles. The van der Waals surface area contributed by atoms with Crippen LogP contribution in [0.15, 0.2) is 18.2 Å². The van der Waals surface area contributed by atoms with E-state index in [9.17, 15) is 35.9 Å². The van der Waals surface area contributed by atoms with Crippen molar-refractivity contribution in [3.05, 3.63) is 29.3 Å². The highest BCUT2D eigenvalue weighted by molar-refractivity contribution is 6.39. The van der Waals surface area contributed by atoms with Gasteiger partial charge in [-0.15, -0.1) is 0 Å². The van der Waals surface area contributed by atoms with E-state index in [-0.39, 0.29) is 18.0 Å². The number of amides is 2. The molecule has 2 saturated carbocycles. The topological polar surface area (TPSA) is 58.2 Å².